The highest BCUT2D eigenvalue weighted by Gasteiger charge is 2.18. The van der Waals surface area contributed by atoms with Gasteiger partial charge in [0.2, 0.25) is 0 Å². The van der Waals surface area contributed by atoms with E-state index in [-0.39, 0.29) is 17.1 Å². The number of benzene rings is 3. The Morgan fingerprint density at radius 1 is 1.06 bits per heavy atom. The van der Waals surface area contributed by atoms with E-state index in [4.69, 9.17) is 21.3 Å². The van der Waals surface area contributed by atoms with Crippen molar-refractivity contribution in [3.05, 3.63) is 93.7 Å². The number of aromatic nitrogens is 3. The lowest BCUT2D eigenvalue weighted by atomic mass is 10.1. The zero-order valence-electron chi connectivity index (χ0n) is 17.5. The van der Waals surface area contributed by atoms with E-state index in [0.29, 0.717) is 38.2 Å². The summed E-state index contributed by atoms with van der Waals surface area (Å²) in [6.07, 6.45) is 0. The SMILES string of the molecule is COc1ccc(-n2c(SCC(=O)c3ccc(Cl)cc3)nc3c([nH]c4ccccc43)c2=O)cc1. The molecule has 3 aromatic carbocycles. The van der Waals surface area contributed by atoms with Gasteiger partial charge in [0.05, 0.1) is 18.6 Å². The van der Waals surface area contributed by atoms with Crippen LogP contribution < -0.4 is 10.3 Å². The summed E-state index contributed by atoms with van der Waals surface area (Å²) in [5, 5.41) is 1.86. The average molecular weight is 476 g/mol. The number of nitrogens with one attached hydrogen (secondary N) is 1. The summed E-state index contributed by atoms with van der Waals surface area (Å²) in [6, 6.07) is 21.5. The molecule has 0 spiro atoms. The molecule has 0 radical (unpaired) electrons. The molecule has 0 aliphatic heterocycles. The summed E-state index contributed by atoms with van der Waals surface area (Å²) in [5.74, 6) is 0.725. The number of para-hydroxylation sites is 1. The van der Waals surface area contributed by atoms with Crippen molar-refractivity contribution in [1.82, 2.24) is 14.5 Å². The van der Waals surface area contributed by atoms with Crippen molar-refractivity contribution in [2.75, 3.05) is 12.9 Å². The predicted octanol–water partition coefficient (Wildman–Crippen LogP) is 5.50. The number of carbonyl (C=O) groups excluding carboxylic acids is 1. The molecule has 0 saturated heterocycles. The predicted molar refractivity (Wildman–Crippen MR) is 132 cm³/mol. The molecule has 0 atom stereocenters. The van der Waals surface area contributed by atoms with Crippen molar-refractivity contribution in [3.8, 4) is 11.4 Å². The minimum Gasteiger partial charge on any atom is -0.497 e. The van der Waals surface area contributed by atoms with Crippen LogP contribution in [0.5, 0.6) is 5.75 Å². The quantitative estimate of drug-likeness (QED) is 0.199. The molecule has 0 fully saturated rings. The van der Waals surface area contributed by atoms with Crippen LogP contribution in [-0.4, -0.2) is 33.2 Å². The Balaban J connectivity index is 1.62. The van der Waals surface area contributed by atoms with E-state index in [1.54, 1.807) is 55.6 Å². The number of hydrogen-bond acceptors (Lipinski definition) is 5. The van der Waals surface area contributed by atoms with Gasteiger partial charge in [0.1, 0.15) is 16.8 Å². The van der Waals surface area contributed by atoms with Gasteiger partial charge >= 0.3 is 0 Å². The number of Topliss-reactive ketones (excluding diaryl/α,β-unsaturated/α-hetero) is 1. The highest BCUT2D eigenvalue weighted by molar-refractivity contribution is 7.99. The first-order valence-corrected chi connectivity index (χ1v) is 11.5. The van der Waals surface area contributed by atoms with E-state index < -0.39 is 0 Å². The van der Waals surface area contributed by atoms with Gasteiger partial charge in [0, 0.05) is 21.5 Å². The molecule has 6 nitrogen and oxygen atoms in total. The summed E-state index contributed by atoms with van der Waals surface area (Å²) >= 11 is 7.16. The number of aromatic amines is 1. The molecular formula is C25H18ClN3O3S. The van der Waals surface area contributed by atoms with Crippen LogP contribution in [0.1, 0.15) is 10.4 Å². The van der Waals surface area contributed by atoms with Crippen molar-refractivity contribution in [2.45, 2.75) is 5.16 Å². The molecule has 0 aliphatic rings. The molecule has 0 amide bonds. The number of rotatable bonds is 6. The van der Waals surface area contributed by atoms with E-state index >= 15 is 0 Å². The van der Waals surface area contributed by atoms with Crippen molar-refractivity contribution in [3.63, 3.8) is 0 Å². The molecule has 0 saturated carbocycles. The third kappa shape index (κ3) is 4.01. The minimum atomic E-state index is -0.234. The molecule has 164 valence electrons. The smallest absolute Gasteiger partial charge is 0.283 e. The Kier molecular flexibility index (Phi) is 5.66. The van der Waals surface area contributed by atoms with E-state index in [2.05, 4.69) is 4.98 Å². The van der Waals surface area contributed by atoms with Gasteiger partial charge in [-0.2, -0.15) is 0 Å². The highest BCUT2D eigenvalue weighted by Crippen LogP contribution is 2.27. The lowest BCUT2D eigenvalue weighted by Crippen LogP contribution is -2.22. The number of ketones is 1. The molecule has 0 bridgehead atoms. The monoisotopic (exact) mass is 475 g/mol. The van der Waals surface area contributed by atoms with Crippen LogP contribution in [0.2, 0.25) is 5.02 Å². The van der Waals surface area contributed by atoms with E-state index in [1.807, 2.05) is 24.3 Å². The normalized spacial score (nSPS) is 11.2. The van der Waals surface area contributed by atoms with Crippen molar-refractivity contribution >= 4 is 51.1 Å². The first-order chi connectivity index (χ1) is 16.0. The van der Waals surface area contributed by atoms with Gasteiger partial charge in [-0.05, 0) is 54.6 Å². The molecule has 5 rings (SSSR count). The van der Waals surface area contributed by atoms with Gasteiger partial charge in [-0.3, -0.25) is 14.2 Å². The van der Waals surface area contributed by atoms with E-state index in [9.17, 15) is 9.59 Å². The Morgan fingerprint density at radius 3 is 2.52 bits per heavy atom. The maximum Gasteiger partial charge on any atom is 0.283 e. The summed E-state index contributed by atoms with van der Waals surface area (Å²) in [4.78, 5) is 34.3. The zero-order chi connectivity index (χ0) is 22.9. The largest absolute Gasteiger partial charge is 0.497 e. The molecule has 5 aromatic rings. The van der Waals surface area contributed by atoms with Gasteiger partial charge < -0.3 is 9.72 Å². The van der Waals surface area contributed by atoms with Gasteiger partial charge in [-0.15, -0.1) is 0 Å². The van der Waals surface area contributed by atoms with Crippen LogP contribution in [0.25, 0.3) is 27.6 Å². The maximum absolute atomic E-state index is 13.6. The van der Waals surface area contributed by atoms with Crippen LogP contribution in [0.15, 0.2) is 82.7 Å². The van der Waals surface area contributed by atoms with Gasteiger partial charge in [-0.25, -0.2) is 4.98 Å². The van der Waals surface area contributed by atoms with Crippen LogP contribution in [0.4, 0.5) is 0 Å². The van der Waals surface area contributed by atoms with E-state index in [1.165, 1.54) is 16.3 Å². The first-order valence-electron chi connectivity index (χ1n) is 10.1. The Bertz CT molecular complexity index is 1540. The number of thioether (sulfide) groups is 1. The fourth-order valence-electron chi connectivity index (χ4n) is 3.65. The molecule has 0 unspecified atom stereocenters. The number of H-pyrrole nitrogens is 1. The summed E-state index contributed by atoms with van der Waals surface area (Å²) in [7, 11) is 1.59. The van der Waals surface area contributed by atoms with Crippen molar-refractivity contribution in [2.24, 2.45) is 0 Å². The molecule has 8 heteroatoms. The molecule has 33 heavy (non-hydrogen) atoms. The molecule has 2 aromatic heterocycles. The summed E-state index contributed by atoms with van der Waals surface area (Å²) < 4.78 is 6.77. The van der Waals surface area contributed by atoms with Crippen LogP contribution >= 0.6 is 23.4 Å². The van der Waals surface area contributed by atoms with Crippen molar-refractivity contribution < 1.29 is 9.53 Å². The van der Waals surface area contributed by atoms with Gasteiger partial charge in [-0.1, -0.05) is 41.6 Å². The van der Waals surface area contributed by atoms with Crippen LogP contribution in [0, 0.1) is 0 Å². The standard InChI is InChI=1S/C25H18ClN3O3S/c1-32-18-12-10-17(11-13-18)29-24(31)23-22(19-4-2-3-5-20(19)27-23)28-25(29)33-14-21(30)15-6-8-16(26)9-7-15/h2-13,27H,14H2,1H3. The topological polar surface area (TPSA) is 77.0 Å². The molecule has 2 heterocycles. The maximum atomic E-state index is 13.6. The first kappa shape index (κ1) is 21.3. The fraction of sp³-hybridized carbons (Fsp3) is 0.0800. The number of nitrogens with zero attached hydrogens (tertiary/aromatic N) is 2. The number of carbonyl (C=O) groups is 1. The summed E-state index contributed by atoms with van der Waals surface area (Å²) in [6.45, 7) is 0. The lowest BCUT2D eigenvalue weighted by molar-refractivity contribution is 0.102. The Hall–Kier alpha value is -3.55. The fourth-order valence-corrected chi connectivity index (χ4v) is 4.67. The summed E-state index contributed by atoms with van der Waals surface area (Å²) in [5.41, 5.74) is 2.79. The van der Waals surface area contributed by atoms with Gasteiger partial charge in [0.15, 0.2) is 10.9 Å². The number of ether oxygens (including phenoxy) is 1. The highest BCUT2D eigenvalue weighted by atomic mass is 35.5. The Morgan fingerprint density at radius 2 is 1.79 bits per heavy atom. The van der Waals surface area contributed by atoms with Crippen LogP contribution in [-0.2, 0) is 0 Å². The lowest BCUT2D eigenvalue weighted by Gasteiger charge is -2.12. The number of hydrogen-bond donors (Lipinski definition) is 1. The molecule has 0 aliphatic carbocycles. The van der Waals surface area contributed by atoms with Gasteiger partial charge in [0.25, 0.3) is 5.56 Å². The zero-order valence-corrected chi connectivity index (χ0v) is 19.1. The van der Waals surface area contributed by atoms with Crippen LogP contribution in [0.3, 0.4) is 0 Å². The third-order valence-electron chi connectivity index (χ3n) is 5.32. The number of fused-ring (bicyclic) bond motifs is 3. The average Bonchev–Trinajstić information content (AvgIpc) is 3.22. The Labute approximate surface area is 198 Å². The second-order valence-corrected chi connectivity index (χ2v) is 8.72. The number of methoxy groups -OCH3 is 1. The van der Waals surface area contributed by atoms with Crippen molar-refractivity contribution in [1.29, 1.82) is 0 Å². The third-order valence-corrected chi connectivity index (χ3v) is 6.51. The molecular weight excluding hydrogens is 458 g/mol. The minimum absolute atomic E-state index is 0.0776. The second kappa shape index (κ2) is 8.77. The second-order valence-electron chi connectivity index (χ2n) is 7.35. The van der Waals surface area contributed by atoms with E-state index in [0.717, 1.165) is 10.9 Å². The number of halogens is 1. The molecule has 1 N–H and O–H groups in total.